The largest absolute Gasteiger partial charge is 0.387 e. The lowest BCUT2D eigenvalue weighted by atomic mass is 10.1. The molecule has 0 aliphatic rings. The maximum Gasteiger partial charge on any atom is 0.0980 e. The lowest BCUT2D eigenvalue weighted by Gasteiger charge is -2.06. The number of nitrogens with zero attached hydrogens (tertiary/aromatic N) is 3. The molecule has 2 aromatic rings. The molecule has 0 aliphatic heterocycles. The summed E-state index contributed by atoms with van der Waals surface area (Å²) < 4.78 is 3.91. The number of aliphatic hydroxyl groups is 1. The maximum absolute atomic E-state index is 10.1. The summed E-state index contributed by atoms with van der Waals surface area (Å²) in [5.74, 6) is 0. The van der Waals surface area contributed by atoms with Crippen molar-refractivity contribution >= 4 is 22.9 Å². The van der Waals surface area contributed by atoms with E-state index >= 15 is 0 Å². The molecule has 4 nitrogen and oxygen atoms in total. The Morgan fingerprint density at radius 1 is 1.50 bits per heavy atom. The van der Waals surface area contributed by atoms with Crippen molar-refractivity contribution in [3.63, 3.8) is 0 Å². The van der Waals surface area contributed by atoms with Gasteiger partial charge in [-0.3, -0.25) is 0 Å². The SMILES string of the molecule is CCCc1nnsc1C(O)Cc1nccs1. The molecule has 2 aromatic heterocycles. The van der Waals surface area contributed by atoms with Crippen molar-refractivity contribution in [1.82, 2.24) is 14.6 Å². The van der Waals surface area contributed by atoms with Crippen LogP contribution in [0.1, 0.15) is 35.0 Å². The summed E-state index contributed by atoms with van der Waals surface area (Å²) in [6.45, 7) is 2.09. The Balaban J connectivity index is 2.08. The number of hydrogen-bond acceptors (Lipinski definition) is 6. The topological polar surface area (TPSA) is 58.9 Å². The highest BCUT2D eigenvalue weighted by Crippen LogP contribution is 2.25. The van der Waals surface area contributed by atoms with Gasteiger partial charge < -0.3 is 5.11 Å². The smallest absolute Gasteiger partial charge is 0.0980 e. The summed E-state index contributed by atoms with van der Waals surface area (Å²) >= 11 is 2.85. The summed E-state index contributed by atoms with van der Waals surface area (Å²) in [6, 6.07) is 0. The number of rotatable bonds is 5. The van der Waals surface area contributed by atoms with Crippen molar-refractivity contribution in [3.8, 4) is 0 Å². The van der Waals surface area contributed by atoms with Crippen LogP contribution in [0.2, 0.25) is 0 Å². The molecule has 2 rings (SSSR count). The third-order valence-corrected chi connectivity index (χ3v) is 3.90. The molecule has 0 amide bonds. The number of thiazole rings is 1. The van der Waals surface area contributed by atoms with Gasteiger partial charge in [0.25, 0.3) is 0 Å². The van der Waals surface area contributed by atoms with Crippen molar-refractivity contribution in [1.29, 1.82) is 0 Å². The molecule has 0 spiro atoms. The van der Waals surface area contributed by atoms with E-state index in [1.54, 1.807) is 17.5 Å². The molecular weight excluding hydrogens is 242 g/mol. The van der Waals surface area contributed by atoms with Crippen LogP contribution in [0.4, 0.5) is 0 Å². The van der Waals surface area contributed by atoms with Crippen LogP contribution in [-0.2, 0) is 12.8 Å². The molecule has 0 saturated heterocycles. The van der Waals surface area contributed by atoms with Gasteiger partial charge in [-0.15, -0.1) is 16.4 Å². The highest BCUT2D eigenvalue weighted by Gasteiger charge is 2.17. The van der Waals surface area contributed by atoms with Crippen molar-refractivity contribution < 1.29 is 5.11 Å². The van der Waals surface area contributed by atoms with Gasteiger partial charge >= 0.3 is 0 Å². The molecule has 2 heterocycles. The van der Waals surface area contributed by atoms with E-state index in [0.717, 1.165) is 28.4 Å². The minimum absolute atomic E-state index is 0.521. The summed E-state index contributed by atoms with van der Waals surface area (Å²) in [5.41, 5.74) is 0.927. The van der Waals surface area contributed by atoms with E-state index in [0.29, 0.717) is 6.42 Å². The Hall–Kier alpha value is -0.850. The molecule has 6 heteroatoms. The molecule has 0 bridgehead atoms. The van der Waals surface area contributed by atoms with Crippen LogP contribution in [0.5, 0.6) is 0 Å². The molecule has 0 aliphatic carbocycles. The zero-order valence-corrected chi connectivity index (χ0v) is 10.6. The molecule has 1 atom stereocenters. The van der Waals surface area contributed by atoms with Crippen LogP contribution in [0.15, 0.2) is 11.6 Å². The zero-order chi connectivity index (χ0) is 11.4. The molecule has 1 unspecified atom stereocenters. The predicted octanol–water partition coefficient (Wildman–Crippen LogP) is 2.22. The van der Waals surface area contributed by atoms with Crippen LogP contribution in [0, 0.1) is 0 Å². The van der Waals surface area contributed by atoms with Gasteiger partial charge in [0.05, 0.1) is 21.7 Å². The third-order valence-electron chi connectivity index (χ3n) is 2.23. The lowest BCUT2D eigenvalue weighted by Crippen LogP contribution is -2.02. The van der Waals surface area contributed by atoms with E-state index < -0.39 is 6.10 Å². The Bertz CT molecular complexity index is 427. The minimum atomic E-state index is -0.521. The fraction of sp³-hybridized carbons (Fsp3) is 0.500. The lowest BCUT2D eigenvalue weighted by molar-refractivity contribution is 0.181. The van der Waals surface area contributed by atoms with Crippen molar-refractivity contribution in [2.45, 2.75) is 32.3 Å². The molecule has 0 saturated carbocycles. The van der Waals surface area contributed by atoms with E-state index in [9.17, 15) is 5.11 Å². The summed E-state index contributed by atoms with van der Waals surface area (Å²) in [7, 11) is 0. The van der Waals surface area contributed by atoms with E-state index in [4.69, 9.17) is 0 Å². The Labute approximate surface area is 102 Å². The molecule has 0 fully saturated rings. The number of aryl methyl sites for hydroxylation is 1. The van der Waals surface area contributed by atoms with Gasteiger partial charge in [0, 0.05) is 18.0 Å². The van der Waals surface area contributed by atoms with Crippen LogP contribution in [-0.4, -0.2) is 19.7 Å². The fourth-order valence-electron chi connectivity index (χ4n) is 1.49. The first-order valence-corrected chi connectivity index (χ1v) is 6.84. The van der Waals surface area contributed by atoms with Gasteiger partial charge in [-0.2, -0.15) is 0 Å². The second kappa shape index (κ2) is 5.47. The van der Waals surface area contributed by atoms with Crippen molar-refractivity contribution in [2.24, 2.45) is 0 Å². The highest BCUT2D eigenvalue weighted by atomic mass is 32.1. The average Bonchev–Trinajstić information content (AvgIpc) is 2.89. The van der Waals surface area contributed by atoms with Gasteiger partial charge in [-0.05, 0) is 18.0 Å². The van der Waals surface area contributed by atoms with E-state index in [1.807, 2.05) is 5.38 Å². The Kier molecular flexibility index (Phi) is 3.98. The Morgan fingerprint density at radius 3 is 3.06 bits per heavy atom. The standard InChI is InChI=1S/C10H13N3OS2/c1-2-3-7-10(16-13-12-7)8(14)6-9-11-4-5-15-9/h4-5,8,14H,2-3,6H2,1H3. The van der Waals surface area contributed by atoms with Gasteiger partial charge in [0.1, 0.15) is 0 Å². The average molecular weight is 255 g/mol. The predicted molar refractivity (Wildman–Crippen MR) is 64.7 cm³/mol. The van der Waals surface area contributed by atoms with Crippen LogP contribution >= 0.6 is 22.9 Å². The molecule has 0 radical (unpaired) electrons. The second-order valence-electron chi connectivity index (χ2n) is 3.48. The molecule has 86 valence electrons. The van der Waals surface area contributed by atoms with Crippen LogP contribution < -0.4 is 0 Å². The summed E-state index contributed by atoms with van der Waals surface area (Å²) in [4.78, 5) is 5.05. The van der Waals surface area contributed by atoms with Crippen molar-refractivity contribution in [2.75, 3.05) is 0 Å². The number of aromatic nitrogens is 3. The van der Waals surface area contributed by atoms with Crippen LogP contribution in [0.3, 0.4) is 0 Å². The third kappa shape index (κ3) is 2.63. The molecule has 0 aromatic carbocycles. The fourth-order valence-corrected chi connectivity index (χ4v) is 2.83. The molecule has 1 N–H and O–H groups in total. The monoisotopic (exact) mass is 255 g/mol. The van der Waals surface area contributed by atoms with E-state index in [1.165, 1.54) is 11.5 Å². The van der Waals surface area contributed by atoms with E-state index in [-0.39, 0.29) is 0 Å². The summed E-state index contributed by atoms with van der Waals surface area (Å²) in [5, 5.41) is 17.0. The first kappa shape index (κ1) is 11.6. The van der Waals surface area contributed by atoms with Gasteiger partial charge in [0.15, 0.2) is 0 Å². The molecular formula is C10H13N3OS2. The Morgan fingerprint density at radius 2 is 2.38 bits per heavy atom. The highest BCUT2D eigenvalue weighted by molar-refractivity contribution is 7.09. The normalized spacial score (nSPS) is 12.9. The first-order chi connectivity index (χ1) is 7.81. The van der Waals surface area contributed by atoms with Crippen LogP contribution in [0.25, 0.3) is 0 Å². The summed E-state index contributed by atoms with van der Waals surface area (Å²) in [6.07, 6.45) is 3.68. The number of aliphatic hydroxyl groups excluding tert-OH is 1. The van der Waals surface area contributed by atoms with E-state index in [2.05, 4.69) is 21.5 Å². The first-order valence-electron chi connectivity index (χ1n) is 5.18. The number of hydrogen-bond donors (Lipinski definition) is 1. The van der Waals surface area contributed by atoms with Gasteiger partial charge in [-0.25, -0.2) is 4.98 Å². The van der Waals surface area contributed by atoms with Gasteiger partial charge in [0.2, 0.25) is 0 Å². The minimum Gasteiger partial charge on any atom is -0.387 e. The molecule has 16 heavy (non-hydrogen) atoms. The quantitative estimate of drug-likeness (QED) is 0.890. The zero-order valence-electron chi connectivity index (χ0n) is 8.96. The second-order valence-corrected chi connectivity index (χ2v) is 5.24. The maximum atomic E-state index is 10.1. The van der Waals surface area contributed by atoms with Gasteiger partial charge in [-0.1, -0.05) is 17.8 Å². The van der Waals surface area contributed by atoms with Crippen molar-refractivity contribution in [3.05, 3.63) is 27.2 Å².